The summed E-state index contributed by atoms with van der Waals surface area (Å²) in [4.78, 5) is 9.18. The van der Waals surface area contributed by atoms with E-state index in [1.165, 1.54) is 44.5 Å². The zero-order chi connectivity index (χ0) is 52.0. The van der Waals surface area contributed by atoms with Gasteiger partial charge >= 0.3 is 0 Å². The van der Waals surface area contributed by atoms with Gasteiger partial charge in [-0.1, -0.05) is 142 Å². The standard InChI is InChI=1S/C69H64N4O2/c1-48-9-25-56(26-10-48)70(57-27-11-49(2)12-28-57)64-41-65(71(58-29-13-50(3)14-30-58)59-31-15-51(4)16-32-59)44-68(43-64)74-47-75-69-45-66(72(60-33-17-52(5)18-34-60)61-35-19-53(6)20-36-61)42-67(46-69)73(62-37-21-54(7)22-38-62)63-39-23-55(8)24-40-63/h9-46H,47H2,1-8H3. The molecule has 0 saturated heterocycles. The zero-order valence-electron chi connectivity index (χ0n) is 44.3. The molecular formula is C69H64N4O2. The van der Waals surface area contributed by atoms with E-state index in [-0.39, 0.29) is 6.79 Å². The SMILES string of the molecule is Cc1ccc(N(c2ccc(C)cc2)c2cc(OCOc3cc(N(c4ccc(C)cc4)c4ccc(C)cc4)cc(N(c4ccc(C)cc4)c4ccc(C)cc4)c3)cc(N(c3ccc(C)cc3)c3ccc(C)cc3)c2)cc1. The molecule has 0 aliphatic carbocycles. The summed E-state index contributed by atoms with van der Waals surface area (Å²) in [5.74, 6) is 1.29. The molecule has 10 aromatic carbocycles. The molecule has 0 atom stereocenters. The van der Waals surface area contributed by atoms with Gasteiger partial charge in [-0.15, -0.1) is 0 Å². The molecule has 75 heavy (non-hydrogen) atoms. The smallest absolute Gasteiger partial charge is 0.230 e. The van der Waals surface area contributed by atoms with Crippen molar-refractivity contribution in [3.8, 4) is 11.5 Å². The molecule has 0 fully saturated rings. The van der Waals surface area contributed by atoms with E-state index in [4.69, 9.17) is 9.47 Å². The summed E-state index contributed by atoms with van der Waals surface area (Å²) < 4.78 is 13.8. The van der Waals surface area contributed by atoms with Gasteiger partial charge in [-0.05, 0) is 165 Å². The molecule has 0 bridgehead atoms. The Balaban J connectivity index is 1.11. The molecule has 0 unspecified atom stereocenters. The van der Waals surface area contributed by atoms with Gasteiger partial charge in [0.2, 0.25) is 6.79 Å². The van der Waals surface area contributed by atoms with Crippen molar-refractivity contribution in [3.63, 3.8) is 0 Å². The minimum Gasteiger partial charge on any atom is -0.457 e. The van der Waals surface area contributed by atoms with E-state index in [1.807, 2.05) is 0 Å². The maximum atomic E-state index is 6.90. The molecule has 10 rings (SSSR count). The number of aryl methyl sites for hydroxylation is 8. The first-order valence-electron chi connectivity index (χ1n) is 25.7. The number of hydrogen-bond donors (Lipinski definition) is 0. The highest BCUT2D eigenvalue weighted by atomic mass is 16.7. The van der Waals surface area contributed by atoms with Crippen LogP contribution in [0.3, 0.4) is 0 Å². The van der Waals surface area contributed by atoms with Crippen molar-refractivity contribution >= 4 is 68.2 Å². The molecule has 0 saturated carbocycles. The average Bonchev–Trinajstić information content (AvgIpc) is 3.41. The maximum Gasteiger partial charge on any atom is 0.230 e. The van der Waals surface area contributed by atoms with E-state index in [2.05, 4.69) is 306 Å². The molecule has 372 valence electrons. The van der Waals surface area contributed by atoms with Crippen LogP contribution in [0.5, 0.6) is 11.5 Å². The molecule has 10 aromatic rings. The molecule has 0 amide bonds. The normalized spacial score (nSPS) is 11.0. The lowest BCUT2D eigenvalue weighted by Crippen LogP contribution is -2.15. The van der Waals surface area contributed by atoms with Crippen LogP contribution in [-0.2, 0) is 0 Å². The molecular weight excluding hydrogens is 917 g/mol. The van der Waals surface area contributed by atoms with Crippen LogP contribution < -0.4 is 29.1 Å². The second-order valence-corrected chi connectivity index (χ2v) is 19.8. The van der Waals surface area contributed by atoms with Gasteiger partial charge in [0.15, 0.2) is 0 Å². The van der Waals surface area contributed by atoms with Gasteiger partial charge in [-0.2, -0.15) is 0 Å². The van der Waals surface area contributed by atoms with Crippen LogP contribution >= 0.6 is 0 Å². The van der Waals surface area contributed by atoms with Crippen molar-refractivity contribution < 1.29 is 9.47 Å². The largest absolute Gasteiger partial charge is 0.457 e. The monoisotopic (exact) mass is 981 g/mol. The summed E-state index contributed by atoms with van der Waals surface area (Å²) in [5, 5.41) is 0. The second kappa shape index (κ2) is 22.0. The molecule has 0 aliphatic heterocycles. The fourth-order valence-electron chi connectivity index (χ4n) is 9.32. The fourth-order valence-corrected chi connectivity index (χ4v) is 9.32. The van der Waals surface area contributed by atoms with Gasteiger partial charge in [0, 0.05) is 69.8 Å². The van der Waals surface area contributed by atoms with Crippen molar-refractivity contribution in [3.05, 3.63) is 275 Å². The predicted molar refractivity (Wildman–Crippen MR) is 316 cm³/mol. The van der Waals surface area contributed by atoms with E-state index in [1.54, 1.807) is 0 Å². The van der Waals surface area contributed by atoms with Gasteiger partial charge in [0.05, 0.1) is 22.7 Å². The Hall–Kier alpha value is -9.00. The first-order chi connectivity index (χ1) is 36.4. The van der Waals surface area contributed by atoms with Crippen molar-refractivity contribution in [2.45, 2.75) is 55.4 Å². The highest BCUT2D eigenvalue weighted by Crippen LogP contribution is 2.45. The fraction of sp³-hybridized carbons (Fsp3) is 0.130. The molecule has 0 spiro atoms. The van der Waals surface area contributed by atoms with Gasteiger partial charge in [0.25, 0.3) is 0 Å². The van der Waals surface area contributed by atoms with Gasteiger partial charge in [0.1, 0.15) is 11.5 Å². The summed E-state index contributed by atoms with van der Waals surface area (Å²) in [6.45, 7) is 16.9. The van der Waals surface area contributed by atoms with Crippen LogP contribution in [-0.4, -0.2) is 6.79 Å². The third-order valence-electron chi connectivity index (χ3n) is 13.6. The van der Waals surface area contributed by atoms with Crippen LogP contribution in [0.1, 0.15) is 44.5 Å². The number of rotatable bonds is 16. The third-order valence-corrected chi connectivity index (χ3v) is 13.6. The minimum atomic E-state index is -0.0694. The lowest BCUT2D eigenvalue weighted by Gasteiger charge is -2.31. The summed E-state index contributed by atoms with van der Waals surface area (Å²) in [7, 11) is 0. The quantitative estimate of drug-likeness (QED) is 0.0897. The van der Waals surface area contributed by atoms with E-state index < -0.39 is 0 Å². The molecule has 0 radical (unpaired) electrons. The van der Waals surface area contributed by atoms with Crippen molar-refractivity contribution in [1.82, 2.24) is 0 Å². The molecule has 0 N–H and O–H groups in total. The van der Waals surface area contributed by atoms with E-state index >= 15 is 0 Å². The summed E-state index contributed by atoms with van der Waals surface area (Å²) in [5.41, 5.74) is 21.5. The molecule has 0 aromatic heterocycles. The predicted octanol–water partition coefficient (Wildman–Crippen LogP) is 19.4. The summed E-state index contributed by atoms with van der Waals surface area (Å²) in [6, 6.07) is 82.5. The van der Waals surface area contributed by atoms with Gasteiger partial charge in [-0.25, -0.2) is 0 Å². The van der Waals surface area contributed by atoms with Gasteiger partial charge < -0.3 is 29.1 Å². The zero-order valence-corrected chi connectivity index (χ0v) is 44.3. The Bertz CT molecular complexity index is 2850. The number of ether oxygens (including phenoxy) is 2. The Labute approximate surface area is 443 Å². The Morgan fingerprint density at radius 1 is 0.200 bits per heavy atom. The average molecular weight is 981 g/mol. The Kier molecular flexibility index (Phi) is 14.5. The van der Waals surface area contributed by atoms with E-state index in [9.17, 15) is 0 Å². The van der Waals surface area contributed by atoms with Gasteiger partial charge in [-0.3, -0.25) is 0 Å². The highest BCUT2D eigenvalue weighted by molar-refractivity contribution is 5.86. The molecule has 0 aliphatic rings. The van der Waals surface area contributed by atoms with Crippen molar-refractivity contribution in [1.29, 1.82) is 0 Å². The van der Waals surface area contributed by atoms with Crippen molar-refractivity contribution in [2.24, 2.45) is 0 Å². The van der Waals surface area contributed by atoms with Crippen LogP contribution in [0.15, 0.2) is 231 Å². The maximum absolute atomic E-state index is 6.90. The van der Waals surface area contributed by atoms with E-state index in [0.717, 1.165) is 68.2 Å². The first-order valence-corrected chi connectivity index (χ1v) is 25.7. The lowest BCUT2D eigenvalue weighted by molar-refractivity contribution is 0.120. The third kappa shape index (κ3) is 11.6. The molecule has 6 heteroatoms. The van der Waals surface area contributed by atoms with Crippen LogP contribution in [0, 0.1) is 55.4 Å². The Morgan fingerprint density at radius 2 is 0.347 bits per heavy atom. The highest BCUT2D eigenvalue weighted by Gasteiger charge is 2.22. The summed E-state index contributed by atoms with van der Waals surface area (Å²) >= 11 is 0. The van der Waals surface area contributed by atoms with Crippen molar-refractivity contribution in [2.75, 3.05) is 26.4 Å². The van der Waals surface area contributed by atoms with Crippen LogP contribution in [0.4, 0.5) is 68.2 Å². The number of nitrogens with zero attached hydrogens (tertiary/aromatic N) is 4. The topological polar surface area (TPSA) is 31.4 Å². The molecule has 0 heterocycles. The number of benzene rings is 10. The van der Waals surface area contributed by atoms with Crippen LogP contribution in [0.2, 0.25) is 0 Å². The summed E-state index contributed by atoms with van der Waals surface area (Å²) in [6.07, 6.45) is 0. The number of hydrogen-bond acceptors (Lipinski definition) is 6. The number of anilines is 12. The Morgan fingerprint density at radius 3 is 0.493 bits per heavy atom. The first kappa shape index (κ1) is 49.6. The van der Waals surface area contributed by atoms with E-state index in [0.29, 0.717) is 11.5 Å². The second-order valence-electron chi connectivity index (χ2n) is 19.8. The molecule has 6 nitrogen and oxygen atoms in total. The van der Waals surface area contributed by atoms with Crippen LogP contribution in [0.25, 0.3) is 0 Å². The lowest BCUT2D eigenvalue weighted by atomic mass is 10.1. The minimum absolute atomic E-state index is 0.0694.